The zero-order chi connectivity index (χ0) is 18.7. The standard InChI is InChI=1S/C22H30N2O/c1-17(14-23)15-24-16-22-11-9-21(10-12-22)13-19(3)18(2)7-5-6-8-20(4)25/h5-12,14-15,18-19H,13,16,23H2,1-4H3/b7-5-,8-6-,17-14-,24-15?. The van der Waals surface area contributed by atoms with Crippen molar-refractivity contribution in [3.05, 3.63) is 71.5 Å². The second-order valence-electron chi connectivity index (χ2n) is 6.59. The molecule has 0 aliphatic carbocycles. The quantitative estimate of drug-likeness (QED) is 0.405. The molecule has 0 aliphatic heterocycles. The highest BCUT2D eigenvalue weighted by Gasteiger charge is 2.09. The highest BCUT2D eigenvalue weighted by atomic mass is 16.1. The largest absolute Gasteiger partial charge is 0.404 e. The summed E-state index contributed by atoms with van der Waals surface area (Å²) in [6.45, 7) is 8.62. The summed E-state index contributed by atoms with van der Waals surface area (Å²) in [5.74, 6) is 1.05. The third-order valence-corrected chi connectivity index (χ3v) is 4.17. The monoisotopic (exact) mass is 338 g/mol. The molecule has 0 bridgehead atoms. The number of hydrogen-bond acceptors (Lipinski definition) is 3. The smallest absolute Gasteiger partial charge is 0.152 e. The molecule has 0 amide bonds. The molecule has 134 valence electrons. The first kappa shape index (κ1) is 20.6. The van der Waals surface area contributed by atoms with Crippen molar-refractivity contribution < 1.29 is 4.79 Å². The SMILES string of the molecule is CC(=O)/C=C\C=C/C(C)C(C)Cc1ccc(CN=C/C(C)=C\N)cc1. The highest BCUT2D eigenvalue weighted by Crippen LogP contribution is 2.19. The Kier molecular flexibility index (Phi) is 9.23. The van der Waals surface area contributed by atoms with Gasteiger partial charge in [-0.1, -0.05) is 56.3 Å². The van der Waals surface area contributed by atoms with Crippen molar-refractivity contribution >= 4 is 12.0 Å². The van der Waals surface area contributed by atoms with Gasteiger partial charge in [-0.25, -0.2) is 0 Å². The lowest BCUT2D eigenvalue weighted by Crippen LogP contribution is -2.08. The summed E-state index contributed by atoms with van der Waals surface area (Å²) >= 11 is 0. The fraction of sp³-hybridized carbons (Fsp3) is 0.364. The molecule has 25 heavy (non-hydrogen) atoms. The molecule has 1 rings (SSSR count). The molecule has 2 unspecified atom stereocenters. The molecule has 3 nitrogen and oxygen atoms in total. The van der Waals surface area contributed by atoms with E-state index < -0.39 is 0 Å². The van der Waals surface area contributed by atoms with Crippen LogP contribution in [0.3, 0.4) is 0 Å². The Balaban J connectivity index is 2.53. The van der Waals surface area contributed by atoms with Crippen LogP contribution in [0.15, 0.2) is 65.3 Å². The van der Waals surface area contributed by atoms with E-state index in [0.29, 0.717) is 18.4 Å². The summed E-state index contributed by atoms with van der Waals surface area (Å²) in [6.07, 6.45) is 11.9. The van der Waals surface area contributed by atoms with Crippen LogP contribution in [0, 0.1) is 11.8 Å². The average Bonchev–Trinajstić information content (AvgIpc) is 2.59. The van der Waals surface area contributed by atoms with Gasteiger partial charge in [0, 0.05) is 6.21 Å². The van der Waals surface area contributed by atoms with Gasteiger partial charge in [-0.2, -0.15) is 0 Å². The molecule has 2 atom stereocenters. The van der Waals surface area contributed by atoms with Crippen LogP contribution < -0.4 is 5.73 Å². The number of nitrogens with two attached hydrogens (primary N) is 1. The molecule has 1 aromatic carbocycles. The highest BCUT2D eigenvalue weighted by molar-refractivity contribution is 5.87. The normalized spacial score (nSPS) is 15.3. The van der Waals surface area contributed by atoms with Crippen LogP contribution in [-0.4, -0.2) is 12.0 Å². The maximum absolute atomic E-state index is 10.9. The molecule has 0 saturated heterocycles. The van der Waals surface area contributed by atoms with Crippen molar-refractivity contribution in [2.24, 2.45) is 22.6 Å². The fourth-order valence-corrected chi connectivity index (χ4v) is 2.30. The van der Waals surface area contributed by atoms with Gasteiger partial charge in [0.1, 0.15) is 0 Å². The summed E-state index contributed by atoms with van der Waals surface area (Å²) in [5.41, 5.74) is 8.91. The number of ketones is 1. The molecule has 2 N–H and O–H groups in total. The molecule has 0 aliphatic rings. The Hall–Kier alpha value is -2.42. The van der Waals surface area contributed by atoms with Crippen molar-refractivity contribution in [1.82, 2.24) is 0 Å². The minimum Gasteiger partial charge on any atom is -0.404 e. The molecule has 0 aromatic heterocycles. The van der Waals surface area contributed by atoms with Crippen LogP contribution in [0.5, 0.6) is 0 Å². The maximum Gasteiger partial charge on any atom is 0.152 e. The van der Waals surface area contributed by atoms with E-state index in [4.69, 9.17) is 5.73 Å². The van der Waals surface area contributed by atoms with Crippen LogP contribution in [0.4, 0.5) is 0 Å². The molecule has 3 heteroatoms. The summed E-state index contributed by atoms with van der Waals surface area (Å²) in [4.78, 5) is 15.2. The minimum absolute atomic E-state index is 0.0731. The molecule has 0 heterocycles. The van der Waals surface area contributed by atoms with E-state index >= 15 is 0 Å². The summed E-state index contributed by atoms with van der Waals surface area (Å²) < 4.78 is 0. The number of hydrogen-bond donors (Lipinski definition) is 1. The van der Waals surface area contributed by atoms with Gasteiger partial charge in [-0.05, 0) is 61.1 Å². The van der Waals surface area contributed by atoms with Crippen LogP contribution in [0.25, 0.3) is 0 Å². The lowest BCUT2D eigenvalue weighted by Gasteiger charge is -2.16. The summed E-state index contributed by atoms with van der Waals surface area (Å²) in [7, 11) is 0. The molecular weight excluding hydrogens is 308 g/mol. The molecule has 0 radical (unpaired) electrons. The van der Waals surface area contributed by atoms with E-state index in [-0.39, 0.29) is 5.78 Å². The van der Waals surface area contributed by atoms with Crippen LogP contribution in [-0.2, 0) is 17.8 Å². The molecule has 1 aromatic rings. The lowest BCUT2D eigenvalue weighted by atomic mass is 9.89. The number of allylic oxidation sites excluding steroid dienone is 5. The maximum atomic E-state index is 10.9. The molecule has 0 fully saturated rings. The number of carbonyl (C=O) groups is 1. The number of aliphatic imine (C=N–C) groups is 1. The number of benzene rings is 1. The lowest BCUT2D eigenvalue weighted by molar-refractivity contribution is -0.112. The van der Waals surface area contributed by atoms with Crippen LogP contribution in [0.2, 0.25) is 0 Å². The minimum atomic E-state index is 0.0731. The fourth-order valence-electron chi connectivity index (χ4n) is 2.30. The van der Waals surface area contributed by atoms with Crippen molar-refractivity contribution in [3.63, 3.8) is 0 Å². The van der Waals surface area contributed by atoms with Gasteiger partial charge in [-0.3, -0.25) is 9.79 Å². The number of rotatable bonds is 9. The van der Waals surface area contributed by atoms with Crippen molar-refractivity contribution in [2.75, 3.05) is 0 Å². The zero-order valence-electron chi connectivity index (χ0n) is 15.8. The average molecular weight is 338 g/mol. The Morgan fingerprint density at radius 1 is 1.12 bits per heavy atom. The summed E-state index contributed by atoms with van der Waals surface area (Å²) in [5, 5.41) is 0. The van der Waals surface area contributed by atoms with Gasteiger partial charge in [-0.15, -0.1) is 0 Å². The molecule has 0 spiro atoms. The third kappa shape index (κ3) is 8.85. The second kappa shape index (κ2) is 11.2. The van der Waals surface area contributed by atoms with Gasteiger partial charge in [0.25, 0.3) is 0 Å². The van der Waals surface area contributed by atoms with E-state index in [2.05, 4.69) is 49.2 Å². The van der Waals surface area contributed by atoms with E-state index in [1.807, 2.05) is 19.1 Å². The predicted octanol–water partition coefficient (Wildman–Crippen LogP) is 4.64. The van der Waals surface area contributed by atoms with E-state index in [0.717, 1.165) is 12.0 Å². The van der Waals surface area contributed by atoms with E-state index in [9.17, 15) is 4.79 Å². The predicted molar refractivity (Wildman–Crippen MR) is 108 cm³/mol. The second-order valence-corrected chi connectivity index (χ2v) is 6.59. The Morgan fingerprint density at radius 2 is 1.76 bits per heavy atom. The Bertz CT molecular complexity index is 651. The summed E-state index contributed by atoms with van der Waals surface area (Å²) in [6, 6.07) is 8.63. The van der Waals surface area contributed by atoms with E-state index in [1.54, 1.807) is 25.4 Å². The van der Waals surface area contributed by atoms with Gasteiger partial charge >= 0.3 is 0 Å². The van der Waals surface area contributed by atoms with Crippen molar-refractivity contribution in [2.45, 2.75) is 40.7 Å². The van der Waals surface area contributed by atoms with Crippen LogP contribution in [0.1, 0.15) is 38.8 Å². The first-order chi connectivity index (χ1) is 11.9. The first-order valence-electron chi connectivity index (χ1n) is 8.74. The topological polar surface area (TPSA) is 55.5 Å². The number of nitrogens with zero attached hydrogens (tertiary/aromatic N) is 1. The van der Waals surface area contributed by atoms with Gasteiger partial charge < -0.3 is 5.73 Å². The zero-order valence-corrected chi connectivity index (χ0v) is 15.8. The number of carbonyl (C=O) groups excluding carboxylic acids is 1. The van der Waals surface area contributed by atoms with E-state index in [1.165, 1.54) is 11.1 Å². The third-order valence-electron chi connectivity index (χ3n) is 4.17. The van der Waals surface area contributed by atoms with Crippen molar-refractivity contribution in [3.8, 4) is 0 Å². The molecular formula is C22H30N2O. The molecule has 0 saturated carbocycles. The van der Waals surface area contributed by atoms with Crippen molar-refractivity contribution in [1.29, 1.82) is 0 Å². The Labute approximate surface area is 152 Å². The Morgan fingerprint density at radius 3 is 2.36 bits per heavy atom. The van der Waals surface area contributed by atoms with Gasteiger partial charge in [0.15, 0.2) is 5.78 Å². The first-order valence-corrected chi connectivity index (χ1v) is 8.74. The van der Waals surface area contributed by atoms with Gasteiger partial charge in [0.2, 0.25) is 0 Å². The van der Waals surface area contributed by atoms with Gasteiger partial charge in [0.05, 0.1) is 6.54 Å². The van der Waals surface area contributed by atoms with Crippen LogP contribution >= 0.6 is 0 Å².